The van der Waals surface area contributed by atoms with Crippen molar-refractivity contribution in [3.63, 3.8) is 0 Å². The van der Waals surface area contributed by atoms with Gasteiger partial charge >= 0.3 is 5.97 Å². The van der Waals surface area contributed by atoms with E-state index in [0.29, 0.717) is 12.2 Å². The van der Waals surface area contributed by atoms with Crippen LogP contribution in [0.25, 0.3) is 0 Å². The molecule has 0 radical (unpaired) electrons. The Bertz CT molecular complexity index is 376. The molecule has 0 aromatic carbocycles. The SMILES string of the molecule is COC(=O)c1cnc2c(c1)[C@@H](C)OC2. The second kappa shape index (κ2) is 3.38. The van der Waals surface area contributed by atoms with E-state index in [0.717, 1.165) is 11.3 Å². The lowest BCUT2D eigenvalue weighted by Gasteiger charge is -2.04. The molecule has 0 amide bonds. The fourth-order valence-electron chi connectivity index (χ4n) is 1.51. The molecule has 1 atom stereocenters. The molecule has 0 unspecified atom stereocenters. The minimum Gasteiger partial charge on any atom is -0.465 e. The summed E-state index contributed by atoms with van der Waals surface area (Å²) >= 11 is 0. The van der Waals surface area contributed by atoms with E-state index in [4.69, 9.17) is 4.74 Å². The first kappa shape index (κ1) is 9.15. The summed E-state index contributed by atoms with van der Waals surface area (Å²) < 4.78 is 9.99. The van der Waals surface area contributed by atoms with Gasteiger partial charge in [-0.1, -0.05) is 0 Å². The smallest absolute Gasteiger partial charge is 0.339 e. The fourth-order valence-corrected chi connectivity index (χ4v) is 1.51. The average molecular weight is 193 g/mol. The van der Waals surface area contributed by atoms with Gasteiger partial charge in [-0.05, 0) is 13.0 Å². The number of methoxy groups -OCH3 is 1. The zero-order chi connectivity index (χ0) is 10.1. The number of hydrogen-bond donors (Lipinski definition) is 0. The van der Waals surface area contributed by atoms with Crippen LogP contribution in [-0.2, 0) is 16.1 Å². The Morgan fingerprint density at radius 2 is 2.50 bits per heavy atom. The van der Waals surface area contributed by atoms with Crippen LogP contribution in [0, 0.1) is 0 Å². The van der Waals surface area contributed by atoms with Crippen LogP contribution in [0.15, 0.2) is 12.3 Å². The van der Waals surface area contributed by atoms with Crippen molar-refractivity contribution in [1.29, 1.82) is 0 Å². The van der Waals surface area contributed by atoms with Crippen LogP contribution in [0.4, 0.5) is 0 Å². The molecule has 4 nitrogen and oxygen atoms in total. The van der Waals surface area contributed by atoms with Gasteiger partial charge in [0.25, 0.3) is 0 Å². The summed E-state index contributed by atoms with van der Waals surface area (Å²) in [5.74, 6) is -0.362. The van der Waals surface area contributed by atoms with Gasteiger partial charge in [-0.15, -0.1) is 0 Å². The number of hydrogen-bond acceptors (Lipinski definition) is 4. The number of nitrogens with zero attached hydrogens (tertiary/aromatic N) is 1. The standard InChI is InChI=1S/C10H11NO3/c1-6-8-3-7(10(12)13-2)4-11-9(8)5-14-6/h3-4,6H,5H2,1-2H3/t6-/m1/s1. The van der Waals surface area contributed by atoms with Gasteiger partial charge in [-0.25, -0.2) is 4.79 Å². The van der Waals surface area contributed by atoms with Gasteiger partial charge in [0.2, 0.25) is 0 Å². The molecule has 0 spiro atoms. The van der Waals surface area contributed by atoms with E-state index in [9.17, 15) is 4.79 Å². The topological polar surface area (TPSA) is 48.4 Å². The lowest BCUT2D eigenvalue weighted by atomic mass is 10.1. The summed E-state index contributed by atoms with van der Waals surface area (Å²) in [5, 5.41) is 0. The Kier molecular flexibility index (Phi) is 2.21. The maximum absolute atomic E-state index is 11.2. The third-order valence-electron chi connectivity index (χ3n) is 2.33. The summed E-state index contributed by atoms with van der Waals surface area (Å²) in [5.41, 5.74) is 2.36. The van der Waals surface area contributed by atoms with E-state index >= 15 is 0 Å². The van der Waals surface area contributed by atoms with E-state index in [1.54, 1.807) is 6.07 Å². The summed E-state index contributed by atoms with van der Waals surface area (Å²) in [4.78, 5) is 15.4. The van der Waals surface area contributed by atoms with Crippen LogP contribution >= 0.6 is 0 Å². The molecule has 2 heterocycles. The van der Waals surface area contributed by atoms with E-state index in [1.807, 2.05) is 6.92 Å². The molecule has 1 aromatic rings. The number of carbonyl (C=O) groups excluding carboxylic acids is 1. The third kappa shape index (κ3) is 1.37. The van der Waals surface area contributed by atoms with Crippen molar-refractivity contribution in [2.45, 2.75) is 19.6 Å². The second-order valence-corrected chi connectivity index (χ2v) is 3.20. The van der Waals surface area contributed by atoms with Crippen molar-refractivity contribution in [3.05, 3.63) is 29.1 Å². The zero-order valence-corrected chi connectivity index (χ0v) is 8.11. The molecule has 0 fully saturated rings. The third-order valence-corrected chi connectivity index (χ3v) is 2.33. The molecule has 1 aliphatic rings. The molecule has 14 heavy (non-hydrogen) atoms. The molecule has 0 saturated heterocycles. The number of ether oxygens (including phenoxy) is 2. The highest BCUT2D eigenvalue weighted by Crippen LogP contribution is 2.28. The van der Waals surface area contributed by atoms with E-state index < -0.39 is 0 Å². The Morgan fingerprint density at radius 1 is 1.71 bits per heavy atom. The molecule has 0 saturated carbocycles. The summed E-state index contributed by atoms with van der Waals surface area (Å²) in [6, 6.07) is 1.78. The monoisotopic (exact) mass is 193 g/mol. The van der Waals surface area contributed by atoms with Gasteiger partial charge in [0.1, 0.15) is 0 Å². The Hall–Kier alpha value is -1.42. The molecular weight excluding hydrogens is 182 g/mol. The van der Waals surface area contributed by atoms with Crippen molar-refractivity contribution < 1.29 is 14.3 Å². The lowest BCUT2D eigenvalue weighted by molar-refractivity contribution is 0.0600. The van der Waals surface area contributed by atoms with Crippen molar-refractivity contribution in [3.8, 4) is 0 Å². The van der Waals surface area contributed by atoms with Gasteiger partial charge in [-0.3, -0.25) is 4.98 Å². The largest absolute Gasteiger partial charge is 0.465 e. The second-order valence-electron chi connectivity index (χ2n) is 3.20. The summed E-state index contributed by atoms with van der Waals surface area (Å²) in [6.07, 6.45) is 1.54. The minimum absolute atomic E-state index is 0.0158. The predicted octanol–water partition coefficient (Wildman–Crippen LogP) is 1.46. The summed E-state index contributed by atoms with van der Waals surface area (Å²) in [6.45, 7) is 2.46. The first-order valence-electron chi connectivity index (χ1n) is 4.41. The molecule has 1 aromatic heterocycles. The first-order valence-corrected chi connectivity index (χ1v) is 4.41. The van der Waals surface area contributed by atoms with Crippen LogP contribution < -0.4 is 0 Å². The zero-order valence-electron chi connectivity index (χ0n) is 8.11. The quantitative estimate of drug-likeness (QED) is 0.633. The van der Waals surface area contributed by atoms with Crippen LogP contribution in [0.2, 0.25) is 0 Å². The maximum atomic E-state index is 11.2. The maximum Gasteiger partial charge on any atom is 0.339 e. The Morgan fingerprint density at radius 3 is 3.21 bits per heavy atom. The van der Waals surface area contributed by atoms with E-state index in [1.165, 1.54) is 13.3 Å². The van der Waals surface area contributed by atoms with Crippen molar-refractivity contribution in [2.24, 2.45) is 0 Å². The van der Waals surface area contributed by atoms with Gasteiger partial charge in [0.15, 0.2) is 0 Å². The normalized spacial score (nSPS) is 19.1. The number of esters is 1. The molecule has 1 aliphatic heterocycles. The highest BCUT2D eigenvalue weighted by atomic mass is 16.5. The average Bonchev–Trinajstić information content (AvgIpc) is 2.59. The van der Waals surface area contributed by atoms with Crippen LogP contribution in [0.3, 0.4) is 0 Å². The molecule has 0 aliphatic carbocycles. The van der Waals surface area contributed by atoms with Gasteiger partial charge in [0, 0.05) is 11.8 Å². The number of rotatable bonds is 1. The van der Waals surface area contributed by atoms with Crippen molar-refractivity contribution in [2.75, 3.05) is 7.11 Å². The lowest BCUT2D eigenvalue weighted by Crippen LogP contribution is -2.04. The van der Waals surface area contributed by atoms with E-state index in [-0.39, 0.29) is 12.1 Å². The number of aromatic nitrogens is 1. The molecule has 0 bridgehead atoms. The van der Waals surface area contributed by atoms with Crippen LogP contribution in [0.1, 0.15) is 34.6 Å². The van der Waals surface area contributed by atoms with E-state index in [2.05, 4.69) is 9.72 Å². The highest BCUT2D eigenvalue weighted by molar-refractivity contribution is 5.89. The van der Waals surface area contributed by atoms with Crippen LogP contribution in [0.5, 0.6) is 0 Å². The van der Waals surface area contributed by atoms with Gasteiger partial charge in [-0.2, -0.15) is 0 Å². The Labute approximate surface area is 81.9 Å². The first-order chi connectivity index (χ1) is 6.72. The van der Waals surface area contributed by atoms with Crippen LogP contribution in [-0.4, -0.2) is 18.1 Å². The molecular formula is C10H11NO3. The molecule has 4 heteroatoms. The molecule has 2 rings (SSSR count). The van der Waals surface area contributed by atoms with Crippen molar-refractivity contribution >= 4 is 5.97 Å². The molecule has 0 N–H and O–H groups in total. The minimum atomic E-state index is -0.362. The van der Waals surface area contributed by atoms with Gasteiger partial charge < -0.3 is 9.47 Å². The van der Waals surface area contributed by atoms with Crippen molar-refractivity contribution in [1.82, 2.24) is 4.98 Å². The fraction of sp³-hybridized carbons (Fsp3) is 0.400. The summed E-state index contributed by atoms with van der Waals surface area (Å²) in [7, 11) is 1.36. The number of fused-ring (bicyclic) bond motifs is 1. The number of carbonyl (C=O) groups is 1. The molecule has 74 valence electrons. The Balaban J connectivity index is 2.39. The van der Waals surface area contributed by atoms with Gasteiger partial charge in [0.05, 0.1) is 31.1 Å². The predicted molar refractivity (Wildman–Crippen MR) is 48.8 cm³/mol. The number of pyridine rings is 1. The highest BCUT2D eigenvalue weighted by Gasteiger charge is 2.22.